The summed E-state index contributed by atoms with van der Waals surface area (Å²) in [5.74, 6) is -0.926. The number of hydrogen-bond donors (Lipinski definition) is 4. The third kappa shape index (κ3) is 3.68. The number of carboxylic acids is 1. The maximum atomic E-state index is 11.0. The van der Waals surface area contributed by atoms with Gasteiger partial charge in [0.2, 0.25) is 0 Å². The molecule has 0 fully saturated rings. The molecule has 134 valence electrons. The van der Waals surface area contributed by atoms with Gasteiger partial charge in [-0.3, -0.25) is 0 Å². The predicted molar refractivity (Wildman–Crippen MR) is 98.7 cm³/mol. The third-order valence-corrected chi connectivity index (χ3v) is 4.87. The van der Waals surface area contributed by atoms with Crippen molar-refractivity contribution >= 4 is 28.0 Å². The molecule has 0 aliphatic heterocycles. The van der Waals surface area contributed by atoms with Gasteiger partial charge in [-0.05, 0) is 29.8 Å². The van der Waals surface area contributed by atoms with E-state index >= 15 is 0 Å². The Morgan fingerprint density at radius 3 is 2.46 bits per heavy atom. The van der Waals surface area contributed by atoms with E-state index in [2.05, 4.69) is 5.43 Å². The minimum absolute atomic E-state index is 0.0314. The summed E-state index contributed by atoms with van der Waals surface area (Å²) in [6.45, 7) is 0. The number of carbonyl (C=O) groups is 1. The topological polar surface area (TPSA) is 99.0 Å². The number of hydrogen-bond acceptors (Lipinski definition) is 6. The van der Waals surface area contributed by atoms with E-state index in [9.17, 15) is 15.2 Å². The zero-order valence-electron chi connectivity index (χ0n) is 13.8. The van der Waals surface area contributed by atoms with Gasteiger partial charge in [0.25, 0.3) is 5.00 Å². The molecule has 0 spiro atoms. The molecule has 7 nitrogen and oxygen atoms in total. The van der Waals surface area contributed by atoms with Gasteiger partial charge in [0.15, 0.2) is 0 Å². The number of aromatic carboxylic acids is 1. The Labute approximate surface area is 153 Å². The van der Waals surface area contributed by atoms with E-state index in [4.69, 9.17) is 9.84 Å². The van der Waals surface area contributed by atoms with Gasteiger partial charge in [0.1, 0.15) is 11.4 Å². The van der Waals surface area contributed by atoms with E-state index in [1.54, 1.807) is 12.1 Å². The fourth-order valence-electron chi connectivity index (χ4n) is 2.39. The zero-order valence-corrected chi connectivity index (χ0v) is 14.6. The number of benzene rings is 2. The van der Waals surface area contributed by atoms with Gasteiger partial charge in [-0.15, -0.1) is 10.4 Å². The molecule has 3 aromatic rings. The van der Waals surface area contributed by atoms with E-state index in [1.165, 1.54) is 36.6 Å². The molecule has 0 saturated carbocycles. The molecule has 0 atom stereocenters. The lowest BCUT2D eigenvalue weighted by molar-refractivity contribution is -0.270. The number of thiophene rings is 1. The summed E-state index contributed by atoms with van der Waals surface area (Å²) in [5, 5.41) is 30.1. The highest BCUT2D eigenvalue weighted by Crippen LogP contribution is 2.36. The highest BCUT2D eigenvalue weighted by molar-refractivity contribution is 7.19. The number of quaternary nitrogens is 1. The molecule has 0 saturated heterocycles. The second-order valence-electron chi connectivity index (χ2n) is 5.44. The largest absolute Gasteiger partial charge is 0.494 e. The summed E-state index contributed by atoms with van der Waals surface area (Å²) in [4.78, 5) is 10.3. The van der Waals surface area contributed by atoms with Gasteiger partial charge in [0.05, 0.1) is 17.6 Å². The van der Waals surface area contributed by atoms with E-state index < -0.39 is 10.9 Å². The van der Waals surface area contributed by atoms with Crippen LogP contribution in [0, 0.1) is 0 Å². The summed E-state index contributed by atoms with van der Waals surface area (Å²) in [7, 11) is 1.37. The molecule has 26 heavy (non-hydrogen) atoms. The number of rotatable bonds is 6. The van der Waals surface area contributed by atoms with Crippen molar-refractivity contribution < 1.29 is 25.1 Å². The highest BCUT2D eigenvalue weighted by atomic mass is 32.1. The number of carboxylic acid groups (broad SMARTS) is 1. The summed E-state index contributed by atoms with van der Waals surface area (Å²) < 4.78 is 5.14. The minimum Gasteiger partial charge on any atom is -0.494 e. The molecule has 3 rings (SSSR count). The van der Waals surface area contributed by atoms with Crippen molar-refractivity contribution in [3.05, 3.63) is 66.2 Å². The molecule has 0 unspecified atom stereocenters. The number of nitrogens with one attached hydrogen (secondary N) is 1. The van der Waals surface area contributed by atoms with Gasteiger partial charge in [-0.1, -0.05) is 41.7 Å². The molecule has 1 aromatic heterocycles. The Kier molecular flexibility index (Phi) is 4.92. The molecule has 0 amide bonds. The van der Waals surface area contributed by atoms with Gasteiger partial charge >= 0.3 is 5.97 Å². The van der Waals surface area contributed by atoms with Crippen molar-refractivity contribution in [3.8, 4) is 16.2 Å². The van der Waals surface area contributed by atoms with Crippen molar-refractivity contribution in [3.63, 3.8) is 0 Å². The Balaban J connectivity index is 1.87. The Morgan fingerprint density at radius 2 is 1.81 bits per heavy atom. The lowest BCUT2D eigenvalue weighted by Gasteiger charge is -2.21. The van der Waals surface area contributed by atoms with Crippen molar-refractivity contribution in [2.75, 3.05) is 12.5 Å². The molecule has 2 aromatic carbocycles. The Hall–Kier alpha value is -2.91. The van der Waals surface area contributed by atoms with Crippen LogP contribution in [0.5, 0.6) is 5.75 Å². The van der Waals surface area contributed by atoms with Crippen LogP contribution in [-0.4, -0.2) is 28.6 Å². The van der Waals surface area contributed by atoms with Crippen LogP contribution < -0.4 is 15.1 Å². The molecule has 0 aliphatic rings. The average molecular weight is 373 g/mol. The van der Waals surface area contributed by atoms with E-state index in [0.29, 0.717) is 0 Å². The molecular formula is C18H17N2O5S+. The smallest absolute Gasteiger partial charge is 0.335 e. The summed E-state index contributed by atoms with van der Waals surface area (Å²) in [5.41, 5.74) is 3.76. The maximum absolute atomic E-state index is 11.0. The number of nitrogens with zero attached hydrogens (tertiary/aromatic N) is 1. The van der Waals surface area contributed by atoms with Crippen LogP contribution in [0.25, 0.3) is 10.4 Å². The maximum Gasteiger partial charge on any atom is 0.335 e. The first-order valence-electron chi connectivity index (χ1n) is 7.60. The average Bonchev–Trinajstić information content (AvgIpc) is 3.13. The molecule has 0 aliphatic carbocycles. The van der Waals surface area contributed by atoms with Gasteiger partial charge < -0.3 is 9.84 Å². The first-order chi connectivity index (χ1) is 12.4. The molecular weight excluding hydrogens is 356 g/mol. The lowest BCUT2D eigenvalue weighted by Crippen LogP contribution is -2.47. The number of anilines is 1. The summed E-state index contributed by atoms with van der Waals surface area (Å²) >= 11 is 1.21. The van der Waals surface area contributed by atoms with Crippen LogP contribution in [0.3, 0.4) is 0 Å². The molecule has 8 heteroatoms. The van der Waals surface area contributed by atoms with Crippen LogP contribution >= 0.6 is 11.3 Å². The van der Waals surface area contributed by atoms with Crippen LogP contribution in [0.4, 0.5) is 10.7 Å². The SMILES string of the molecule is COc1cc(C(=O)O)ccc1N[N+](O)(O)c1ccc(-c2ccccc2)s1. The third-order valence-electron chi connectivity index (χ3n) is 3.68. The van der Waals surface area contributed by atoms with Crippen molar-refractivity contribution in [2.45, 2.75) is 0 Å². The van der Waals surface area contributed by atoms with Crippen molar-refractivity contribution in [2.24, 2.45) is 0 Å². The van der Waals surface area contributed by atoms with Crippen molar-refractivity contribution in [1.82, 2.24) is 4.92 Å². The molecule has 4 N–H and O–H groups in total. The molecule has 0 bridgehead atoms. The molecule has 0 radical (unpaired) electrons. The van der Waals surface area contributed by atoms with Crippen LogP contribution in [0.1, 0.15) is 10.4 Å². The van der Waals surface area contributed by atoms with Crippen LogP contribution in [0.2, 0.25) is 0 Å². The van der Waals surface area contributed by atoms with Crippen LogP contribution in [0.15, 0.2) is 60.7 Å². The lowest BCUT2D eigenvalue weighted by atomic mass is 10.2. The number of ether oxygens (including phenoxy) is 1. The molecule has 1 heterocycles. The predicted octanol–water partition coefficient (Wildman–Crippen LogP) is 4.23. The van der Waals surface area contributed by atoms with E-state index in [1.807, 2.05) is 30.3 Å². The van der Waals surface area contributed by atoms with Gasteiger partial charge in [-0.25, -0.2) is 4.79 Å². The summed E-state index contributed by atoms with van der Waals surface area (Å²) in [6.07, 6.45) is 0. The fraction of sp³-hybridized carbons (Fsp3) is 0.0556. The van der Waals surface area contributed by atoms with E-state index in [-0.39, 0.29) is 22.0 Å². The Bertz CT molecular complexity index is 924. The summed E-state index contributed by atoms with van der Waals surface area (Å²) in [6, 6.07) is 17.0. The van der Waals surface area contributed by atoms with E-state index in [0.717, 1.165) is 10.4 Å². The minimum atomic E-state index is -1.60. The second kappa shape index (κ2) is 7.14. The quantitative estimate of drug-likeness (QED) is 0.381. The van der Waals surface area contributed by atoms with Gasteiger partial charge in [0, 0.05) is 10.9 Å². The van der Waals surface area contributed by atoms with Gasteiger partial charge in [-0.2, -0.15) is 5.43 Å². The normalized spacial score (nSPS) is 11.2. The second-order valence-corrected chi connectivity index (χ2v) is 6.50. The first kappa shape index (κ1) is 17.9. The monoisotopic (exact) mass is 373 g/mol. The Morgan fingerprint density at radius 1 is 1.08 bits per heavy atom. The standard InChI is InChI=1S/C18H16N2O5S/c1-25-15-11-13(18(21)22)7-8-14(15)19-20(23,24)17-10-9-16(26-17)12-5-3-2-4-6-12/h2-11,19,23-24H,1H3/p+1. The zero-order chi connectivity index (χ0) is 18.7. The fourth-order valence-corrected chi connectivity index (χ4v) is 3.32. The first-order valence-corrected chi connectivity index (χ1v) is 8.42. The van der Waals surface area contributed by atoms with Crippen LogP contribution in [-0.2, 0) is 0 Å². The number of methoxy groups -OCH3 is 1. The van der Waals surface area contributed by atoms with Crippen molar-refractivity contribution in [1.29, 1.82) is 0 Å². The highest BCUT2D eigenvalue weighted by Gasteiger charge is 2.31.